The number of rotatable bonds is 5. The Morgan fingerprint density at radius 1 is 1.52 bits per heavy atom. The highest BCUT2D eigenvalue weighted by Gasteiger charge is 2.24. The van der Waals surface area contributed by atoms with Gasteiger partial charge in [0.05, 0.1) is 6.61 Å². The molecule has 0 aromatic carbocycles. The number of carbonyl (C=O) groups is 1. The fraction of sp³-hybridized carbons (Fsp3) is 0.714. The summed E-state index contributed by atoms with van der Waals surface area (Å²) in [5.41, 5.74) is 5.91. The number of thiazole rings is 1. The van der Waals surface area contributed by atoms with E-state index < -0.39 is 0 Å². The molecular formula is C14H24N4O2S. The molecule has 2 heterocycles. The van der Waals surface area contributed by atoms with Crippen LogP contribution in [-0.4, -0.2) is 56.2 Å². The first kappa shape index (κ1) is 16.0. The van der Waals surface area contributed by atoms with Gasteiger partial charge in [0, 0.05) is 33.8 Å². The molecule has 0 aliphatic carbocycles. The smallest absolute Gasteiger partial charge is 0.267 e. The molecule has 1 aliphatic rings. The van der Waals surface area contributed by atoms with Crippen molar-refractivity contribution in [1.82, 2.24) is 9.88 Å². The number of amides is 1. The molecule has 118 valence electrons. The van der Waals surface area contributed by atoms with Crippen molar-refractivity contribution in [2.24, 2.45) is 5.92 Å². The number of anilines is 2. The third kappa shape index (κ3) is 3.85. The van der Waals surface area contributed by atoms with Crippen molar-refractivity contribution in [3.8, 4) is 0 Å². The van der Waals surface area contributed by atoms with Crippen molar-refractivity contribution in [3.05, 3.63) is 4.88 Å². The number of hydrogen-bond acceptors (Lipinski definition) is 6. The number of nitrogens with zero attached hydrogens (tertiary/aromatic N) is 3. The number of aromatic nitrogens is 1. The van der Waals surface area contributed by atoms with Crippen LogP contribution >= 0.6 is 11.3 Å². The summed E-state index contributed by atoms with van der Waals surface area (Å²) in [6.45, 7) is 5.14. The van der Waals surface area contributed by atoms with Crippen LogP contribution in [0.25, 0.3) is 0 Å². The molecule has 2 rings (SSSR count). The zero-order chi connectivity index (χ0) is 15.4. The van der Waals surface area contributed by atoms with Crippen LogP contribution in [0.3, 0.4) is 0 Å². The van der Waals surface area contributed by atoms with E-state index in [2.05, 4.69) is 4.98 Å². The lowest BCUT2D eigenvalue weighted by molar-refractivity contribution is 0.0390. The van der Waals surface area contributed by atoms with Gasteiger partial charge in [0.1, 0.15) is 10.7 Å². The van der Waals surface area contributed by atoms with Gasteiger partial charge in [-0.25, -0.2) is 4.98 Å². The Hall–Kier alpha value is -1.34. The fourth-order valence-corrected chi connectivity index (χ4v) is 3.37. The SMILES string of the molecule is CCN(C)c1nc(N)c(C(=O)N(C)CC2CCCOC2)s1. The van der Waals surface area contributed by atoms with Gasteiger partial charge in [-0.05, 0) is 25.7 Å². The Kier molecular flexibility index (Phi) is 5.41. The molecule has 6 nitrogen and oxygen atoms in total. The summed E-state index contributed by atoms with van der Waals surface area (Å²) in [7, 11) is 3.76. The van der Waals surface area contributed by atoms with Crippen LogP contribution in [0.1, 0.15) is 29.4 Å². The van der Waals surface area contributed by atoms with Crippen molar-refractivity contribution in [1.29, 1.82) is 0 Å². The van der Waals surface area contributed by atoms with E-state index in [4.69, 9.17) is 10.5 Å². The van der Waals surface area contributed by atoms with Crippen molar-refractivity contribution in [2.75, 3.05) is 51.0 Å². The molecule has 7 heteroatoms. The van der Waals surface area contributed by atoms with Crippen molar-refractivity contribution >= 4 is 28.2 Å². The standard InChI is InChI=1S/C14H24N4O2S/c1-4-17(2)14-16-12(15)11(21-14)13(19)18(3)8-10-6-5-7-20-9-10/h10H,4-9,15H2,1-3H3. The van der Waals surface area contributed by atoms with Gasteiger partial charge >= 0.3 is 0 Å². The van der Waals surface area contributed by atoms with Gasteiger partial charge < -0.3 is 20.3 Å². The van der Waals surface area contributed by atoms with E-state index in [0.29, 0.717) is 23.2 Å². The summed E-state index contributed by atoms with van der Waals surface area (Å²) in [6.07, 6.45) is 2.18. The van der Waals surface area contributed by atoms with Crippen molar-refractivity contribution < 1.29 is 9.53 Å². The Labute approximate surface area is 129 Å². The fourth-order valence-electron chi connectivity index (χ4n) is 2.37. The lowest BCUT2D eigenvalue weighted by atomic mass is 10.0. The molecule has 1 aromatic heterocycles. The van der Waals surface area contributed by atoms with Gasteiger partial charge in [-0.15, -0.1) is 0 Å². The van der Waals surface area contributed by atoms with Crippen LogP contribution in [0.2, 0.25) is 0 Å². The highest BCUT2D eigenvalue weighted by atomic mass is 32.1. The Morgan fingerprint density at radius 3 is 2.90 bits per heavy atom. The molecular weight excluding hydrogens is 288 g/mol. The first-order valence-corrected chi connectivity index (χ1v) is 8.15. The zero-order valence-electron chi connectivity index (χ0n) is 13.0. The molecule has 21 heavy (non-hydrogen) atoms. The molecule has 1 aromatic rings. The minimum Gasteiger partial charge on any atom is -0.382 e. The number of nitrogens with two attached hydrogens (primary N) is 1. The molecule has 1 unspecified atom stereocenters. The van der Waals surface area contributed by atoms with Crippen LogP contribution in [0.4, 0.5) is 10.9 Å². The highest BCUT2D eigenvalue weighted by molar-refractivity contribution is 7.18. The van der Waals surface area contributed by atoms with Crippen LogP contribution in [-0.2, 0) is 4.74 Å². The topological polar surface area (TPSA) is 71.7 Å². The third-order valence-corrected chi connectivity index (χ3v) is 4.94. The molecule has 1 atom stereocenters. The van der Waals surface area contributed by atoms with Crippen LogP contribution in [0, 0.1) is 5.92 Å². The van der Waals surface area contributed by atoms with Crippen LogP contribution in [0.5, 0.6) is 0 Å². The van der Waals surface area contributed by atoms with E-state index in [1.54, 1.807) is 4.90 Å². The first-order valence-electron chi connectivity index (χ1n) is 7.33. The lowest BCUT2D eigenvalue weighted by Gasteiger charge is -2.26. The van der Waals surface area contributed by atoms with Crippen molar-refractivity contribution in [3.63, 3.8) is 0 Å². The second kappa shape index (κ2) is 7.09. The Balaban J connectivity index is 2.02. The minimum absolute atomic E-state index is 0.0497. The number of nitrogen functional groups attached to an aromatic ring is 1. The van der Waals surface area contributed by atoms with E-state index in [0.717, 1.165) is 37.7 Å². The van der Waals surface area contributed by atoms with Gasteiger partial charge in [0.25, 0.3) is 5.91 Å². The maximum absolute atomic E-state index is 12.5. The second-order valence-electron chi connectivity index (χ2n) is 5.49. The largest absolute Gasteiger partial charge is 0.382 e. The molecule has 0 saturated carbocycles. The summed E-state index contributed by atoms with van der Waals surface area (Å²) in [5, 5.41) is 0.785. The Bertz CT molecular complexity index is 485. The monoisotopic (exact) mass is 312 g/mol. The van der Waals surface area contributed by atoms with Crippen LogP contribution < -0.4 is 10.6 Å². The van der Waals surface area contributed by atoms with Crippen molar-refractivity contribution in [2.45, 2.75) is 19.8 Å². The molecule has 0 bridgehead atoms. The van der Waals surface area contributed by atoms with Gasteiger partial charge in [-0.2, -0.15) is 0 Å². The zero-order valence-corrected chi connectivity index (χ0v) is 13.8. The third-order valence-electron chi connectivity index (χ3n) is 3.77. The molecule has 1 saturated heterocycles. The summed E-state index contributed by atoms with van der Waals surface area (Å²) >= 11 is 1.36. The molecule has 1 fully saturated rings. The summed E-state index contributed by atoms with van der Waals surface area (Å²) in [5.74, 6) is 0.693. The minimum atomic E-state index is -0.0497. The van der Waals surface area contributed by atoms with Gasteiger partial charge in [-0.1, -0.05) is 11.3 Å². The quantitative estimate of drug-likeness (QED) is 0.895. The van der Waals surface area contributed by atoms with E-state index in [-0.39, 0.29) is 5.91 Å². The van der Waals surface area contributed by atoms with E-state index in [9.17, 15) is 4.79 Å². The normalized spacial score (nSPS) is 18.5. The maximum atomic E-state index is 12.5. The molecule has 1 aliphatic heterocycles. The summed E-state index contributed by atoms with van der Waals surface area (Å²) in [4.78, 5) is 21.0. The number of hydrogen-bond donors (Lipinski definition) is 1. The van der Waals surface area contributed by atoms with E-state index in [1.165, 1.54) is 11.3 Å². The molecule has 0 spiro atoms. The summed E-state index contributed by atoms with van der Waals surface area (Å²) in [6, 6.07) is 0. The summed E-state index contributed by atoms with van der Waals surface area (Å²) < 4.78 is 5.46. The number of carbonyl (C=O) groups excluding carboxylic acids is 1. The van der Waals surface area contributed by atoms with Gasteiger partial charge in [-0.3, -0.25) is 4.79 Å². The van der Waals surface area contributed by atoms with Gasteiger partial charge in [0.15, 0.2) is 5.13 Å². The van der Waals surface area contributed by atoms with Crippen LogP contribution in [0.15, 0.2) is 0 Å². The average molecular weight is 312 g/mol. The Morgan fingerprint density at radius 2 is 2.29 bits per heavy atom. The van der Waals surface area contributed by atoms with Gasteiger partial charge in [0.2, 0.25) is 0 Å². The first-order chi connectivity index (χ1) is 10.0. The molecule has 0 radical (unpaired) electrons. The predicted molar refractivity (Wildman–Crippen MR) is 86.0 cm³/mol. The second-order valence-corrected chi connectivity index (χ2v) is 6.47. The molecule has 2 N–H and O–H groups in total. The lowest BCUT2D eigenvalue weighted by Crippen LogP contribution is -2.35. The predicted octanol–water partition coefficient (Wildman–Crippen LogP) is 1.68. The average Bonchev–Trinajstić information content (AvgIpc) is 2.88. The highest BCUT2D eigenvalue weighted by Crippen LogP contribution is 2.28. The molecule has 1 amide bonds. The van der Waals surface area contributed by atoms with E-state index >= 15 is 0 Å². The number of ether oxygens (including phenoxy) is 1. The van der Waals surface area contributed by atoms with E-state index in [1.807, 2.05) is 25.9 Å². The maximum Gasteiger partial charge on any atom is 0.267 e.